The third-order valence-electron chi connectivity index (χ3n) is 5.15. The Morgan fingerprint density at radius 1 is 1.12 bits per heavy atom. The van der Waals surface area contributed by atoms with Gasteiger partial charge >= 0.3 is 0 Å². The standard InChI is InChI=1S/C24H24ClN5O2/c1-5-21-27-23(29(2)14-17-9-10-19(31-3)12-20(17)32-4)22-24(28-21)30(15-26-22)13-16-7-6-8-18(25)11-16/h5-12,15H,1,13-14H2,2-4H3. The highest BCUT2D eigenvalue weighted by Gasteiger charge is 2.17. The Labute approximate surface area is 191 Å². The number of benzene rings is 2. The molecule has 0 unspecified atom stereocenters. The van der Waals surface area contributed by atoms with E-state index in [-0.39, 0.29) is 0 Å². The van der Waals surface area contributed by atoms with Crippen LogP contribution < -0.4 is 14.4 Å². The molecule has 0 saturated carbocycles. The Bertz CT molecular complexity index is 1270. The molecule has 4 aromatic rings. The van der Waals surface area contributed by atoms with Crippen LogP contribution in [-0.2, 0) is 13.1 Å². The Balaban J connectivity index is 1.71. The van der Waals surface area contributed by atoms with Crippen LogP contribution in [0.2, 0.25) is 5.02 Å². The van der Waals surface area contributed by atoms with Crippen molar-refractivity contribution < 1.29 is 9.47 Å². The van der Waals surface area contributed by atoms with Gasteiger partial charge in [-0.3, -0.25) is 0 Å². The smallest absolute Gasteiger partial charge is 0.166 e. The third-order valence-corrected chi connectivity index (χ3v) is 5.39. The molecule has 0 fully saturated rings. The fraction of sp³-hybridized carbons (Fsp3) is 0.208. The van der Waals surface area contributed by atoms with Crippen molar-refractivity contribution in [2.75, 3.05) is 26.2 Å². The monoisotopic (exact) mass is 449 g/mol. The molecule has 0 atom stereocenters. The summed E-state index contributed by atoms with van der Waals surface area (Å²) in [6.45, 7) is 5.02. The van der Waals surface area contributed by atoms with Crippen molar-refractivity contribution in [1.29, 1.82) is 0 Å². The molecule has 164 valence electrons. The molecular weight excluding hydrogens is 426 g/mol. The van der Waals surface area contributed by atoms with Crippen LogP contribution >= 0.6 is 11.6 Å². The molecule has 0 radical (unpaired) electrons. The summed E-state index contributed by atoms with van der Waals surface area (Å²) in [5.41, 5.74) is 3.51. The highest BCUT2D eigenvalue weighted by molar-refractivity contribution is 6.30. The molecule has 2 aromatic heterocycles. The first-order chi connectivity index (χ1) is 15.5. The fourth-order valence-corrected chi connectivity index (χ4v) is 3.78. The van der Waals surface area contributed by atoms with Gasteiger partial charge in [-0.25, -0.2) is 15.0 Å². The Kier molecular flexibility index (Phi) is 6.28. The first kappa shape index (κ1) is 21.6. The van der Waals surface area contributed by atoms with Crippen LogP contribution in [-0.4, -0.2) is 40.8 Å². The minimum Gasteiger partial charge on any atom is -0.497 e. The summed E-state index contributed by atoms with van der Waals surface area (Å²) in [6.07, 6.45) is 3.42. The van der Waals surface area contributed by atoms with Gasteiger partial charge < -0.3 is 18.9 Å². The van der Waals surface area contributed by atoms with E-state index in [4.69, 9.17) is 21.1 Å². The predicted molar refractivity (Wildman–Crippen MR) is 128 cm³/mol. The van der Waals surface area contributed by atoms with E-state index in [9.17, 15) is 0 Å². The SMILES string of the molecule is C=Cc1nc(N(C)Cc2ccc(OC)cc2OC)c2ncn(Cc3cccc(Cl)c3)c2n1. The summed E-state index contributed by atoms with van der Waals surface area (Å²) in [5.74, 6) is 2.74. The van der Waals surface area contributed by atoms with Crippen molar-refractivity contribution in [2.24, 2.45) is 0 Å². The first-order valence-electron chi connectivity index (χ1n) is 10.0. The number of hydrogen-bond donors (Lipinski definition) is 0. The van der Waals surface area contributed by atoms with Crippen molar-refractivity contribution in [1.82, 2.24) is 19.5 Å². The van der Waals surface area contributed by atoms with E-state index in [0.29, 0.717) is 35.3 Å². The van der Waals surface area contributed by atoms with Crippen LogP contribution in [0.1, 0.15) is 17.0 Å². The second kappa shape index (κ2) is 9.28. The minimum absolute atomic E-state index is 0.536. The second-order valence-corrected chi connectivity index (χ2v) is 7.75. The average molecular weight is 450 g/mol. The maximum Gasteiger partial charge on any atom is 0.166 e. The lowest BCUT2D eigenvalue weighted by Crippen LogP contribution is -2.19. The molecule has 0 spiro atoms. The van der Waals surface area contributed by atoms with Crippen molar-refractivity contribution >= 4 is 34.7 Å². The zero-order valence-electron chi connectivity index (χ0n) is 18.2. The first-order valence-corrected chi connectivity index (χ1v) is 10.4. The van der Waals surface area contributed by atoms with E-state index in [1.807, 2.05) is 59.0 Å². The molecule has 0 saturated heterocycles. The summed E-state index contributed by atoms with van der Waals surface area (Å²) in [6, 6.07) is 13.5. The van der Waals surface area contributed by atoms with Gasteiger partial charge in [0, 0.05) is 30.2 Å². The molecule has 2 aromatic carbocycles. The van der Waals surface area contributed by atoms with Gasteiger partial charge in [0.1, 0.15) is 11.5 Å². The zero-order valence-corrected chi connectivity index (χ0v) is 19.0. The van der Waals surface area contributed by atoms with Crippen molar-refractivity contribution in [2.45, 2.75) is 13.1 Å². The Morgan fingerprint density at radius 2 is 1.97 bits per heavy atom. The molecule has 8 heteroatoms. The number of ether oxygens (including phenoxy) is 2. The molecule has 0 aliphatic heterocycles. The molecule has 2 heterocycles. The van der Waals surface area contributed by atoms with Crippen LogP contribution in [0.25, 0.3) is 17.2 Å². The highest BCUT2D eigenvalue weighted by atomic mass is 35.5. The van der Waals surface area contributed by atoms with Gasteiger partial charge in [-0.2, -0.15) is 0 Å². The minimum atomic E-state index is 0.536. The van der Waals surface area contributed by atoms with E-state index < -0.39 is 0 Å². The van der Waals surface area contributed by atoms with E-state index >= 15 is 0 Å². The maximum atomic E-state index is 6.15. The van der Waals surface area contributed by atoms with Gasteiger partial charge in [-0.05, 0) is 35.9 Å². The number of anilines is 1. The van der Waals surface area contributed by atoms with E-state index in [0.717, 1.165) is 28.3 Å². The van der Waals surface area contributed by atoms with E-state index in [1.165, 1.54) is 0 Å². The number of fused-ring (bicyclic) bond motifs is 1. The van der Waals surface area contributed by atoms with E-state index in [2.05, 4.69) is 21.5 Å². The number of hydrogen-bond acceptors (Lipinski definition) is 6. The lowest BCUT2D eigenvalue weighted by Gasteiger charge is -2.20. The van der Waals surface area contributed by atoms with Gasteiger partial charge in [-0.1, -0.05) is 30.3 Å². The zero-order chi connectivity index (χ0) is 22.7. The molecule has 0 aliphatic carbocycles. The van der Waals surface area contributed by atoms with Crippen LogP contribution in [0.3, 0.4) is 0 Å². The Morgan fingerprint density at radius 3 is 2.69 bits per heavy atom. The van der Waals surface area contributed by atoms with Gasteiger partial charge in [-0.15, -0.1) is 0 Å². The molecule has 4 rings (SSSR count). The van der Waals surface area contributed by atoms with Crippen LogP contribution in [0.15, 0.2) is 55.4 Å². The lowest BCUT2D eigenvalue weighted by atomic mass is 10.1. The largest absolute Gasteiger partial charge is 0.497 e. The normalized spacial score (nSPS) is 10.9. The molecule has 0 bridgehead atoms. The maximum absolute atomic E-state index is 6.15. The third kappa shape index (κ3) is 4.38. The number of nitrogens with zero attached hydrogens (tertiary/aromatic N) is 5. The number of imidazole rings is 1. The van der Waals surface area contributed by atoms with E-state index in [1.54, 1.807) is 26.6 Å². The molecule has 0 aliphatic rings. The summed E-state index contributed by atoms with van der Waals surface area (Å²) < 4.78 is 12.8. The highest BCUT2D eigenvalue weighted by Crippen LogP contribution is 2.29. The summed E-state index contributed by atoms with van der Waals surface area (Å²) in [7, 11) is 5.25. The second-order valence-electron chi connectivity index (χ2n) is 7.32. The molecular formula is C24H24ClN5O2. The van der Waals surface area contributed by atoms with Crippen molar-refractivity contribution in [3.63, 3.8) is 0 Å². The molecule has 32 heavy (non-hydrogen) atoms. The molecule has 0 N–H and O–H groups in total. The van der Waals surface area contributed by atoms with Crippen molar-refractivity contribution in [3.05, 3.63) is 77.3 Å². The number of halogens is 1. The summed E-state index contributed by atoms with van der Waals surface area (Å²) >= 11 is 6.15. The predicted octanol–water partition coefficient (Wildman–Crippen LogP) is 4.82. The summed E-state index contributed by atoms with van der Waals surface area (Å²) in [5, 5.41) is 0.696. The summed E-state index contributed by atoms with van der Waals surface area (Å²) in [4.78, 5) is 16.0. The Hall–Kier alpha value is -3.58. The number of aromatic nitrogens is 4. The topological polar surface area (TPSA) is 65.3 Å². The van der Waals surface area contributed by atoms with Crippen LogP contribution in [0.5, 0.6) is 11.5 Å². The van der Waals surface area contributed by atoms with Crippen molar-refractivity contribution in [3.8, 4) is 11.5 Å². The number of rotatable bonds is 8. The number of methoxy groups -OCH3 is 2. The van der Waals surface area contributed by atoms with Crippen LogP contribution in [0.4, 0.5) is 5.82 Å². The fourth-order valence-electron chi connectivity index (χ4n) is 3.56. The van der Waals surface area contributed by atoms with Gasteiger partial charge in [0.15, 0.2) is 22.8 Å². The quantitative estimate of drug-likeness (QED) is 0.384. The average Bonchev–Trinajstić information content (AvgIpc) is 3.21. The van der Waals surface area contributed by atoms with Crippen LogP contribution in [0, 0.1) is 0 Å². The van der Waals surface area contributed by atoms with Gasteiger partial charge in [0.05, 0.1) is 27.1 Å². The lowest BCUT2D eigenvalue weighted by molar-refractivity contribution is 0.391. The molecule has 7 nitrogen and oxygen atoms in total. The molecule has 0 amide bonds. The van der Waals surface area contributed by atoms with Gasteiger partial charge in [0.25, 0.3) is 0 Å². The van der Waals surface area contributed by atoms with Gasteiger partial charge in [0.2, 0.25) is 0 Å².